The number of aryl methyl sites for hydroxylation is 1. The highest BCUT2D eigenvalue weighted by Gasteiger charge is 2.37. The predicted molar refractivity (Wildman–Crippen MR) is 68.3 cm³/mol. The van der Waals surface area contributed by atoms with Crippen LogP contribution in [-0.4, -0.2) is 37.2 Å². The van der Waals surface area contributed by atoms with Crippen molar-refractivity contribution in [3.05, 3.63) is 29.3 Å². The number of hydrogen-bond acceptors (Lipinski definition) is 4. The zero-order chi connectivity index (χ0) is 15.1. The molecule has 1 heterocycles. The second-order valence-corrected chi connectivity index (χ2v) is 7.08. The van der Waals surface area contributed by atoms with E-state index >= 15 is 0 Å². The van der Waals surface area contributed by atoms with Gasteiger partial charge in [-0.05, 0) is 24.6 Å². The van der Waals surface area contributed by atoms with Gasteiger partial charge in [-0.2, -0.15) is 13.2 Å². The molecule has 20 heavy (non-hydrogen) atoms. The van der Waals surface area contributed by atoms with Crippen LogP contribution in [0.3, 0.4) is 0 Å². The SMILES string of the molecule is Cc1ccc(C(F)(F)F)cc1NC1CS(=O)(=O)CC1O. The van der Waals surface area contributed by atoms with Gasteiger partial charge in [-0.1, -0.05) is 6.07 Å². The van der Waals surface area contributed by atoms with E-state index in [9.17, 15) is 26.7 Å². The number of sulfone groups is 1. The van der Waals surface area contributed by atoms with Gasteiger partial charge >= 0.3 is 6.18 Å². The van der Waals surface area contributed by atoms with Crippen molar-refractivity contribution in [2.24, 2.45) is 0 Å². The zero-order valence-electron chi connectivity index (χ0n) is 10.6. The number of halogens is 3. The van der Waals surface area contributed by atoms with E-state index in [1.807, 2.05) is 0 Å². The Morgan fingerprint density at radius 1 is 1.30 bits per heavy atom. The van der Waals surface area contributed by atoms with Crippen LogP contribution in [-0.2, 0) is 16.0 Å². The molecule has 1 aliphatic heterocycles. The van der Waals surface area contributed by atoms with E-state index in [2.05, 4.69) is 5.32 Å². The van der Waals surface area contributed by atoms with Gasteiger partial charge < -0.3 is 10.4 Å². The molecule has 1 fully saturated rings. The number of benzene rings is 1. The van der Waals surface area contributed by atoms with Gasteiger partial charge in [-0.3, -0.25) is 0 Å². The molecule has 1 saturated heterocycles. The third-order valence-corrected chi connectivity index (χ3v) is 4.94. The van der Waals surface area contributed by atoms with Crippen molar-refractivity contribution >= 4 is 15.5 Å². The molecule has 2 atom stereocenters. The minimum atomic E-state index is -4.47. The minimum Gasteiger partial charge on any atom is -0.390 e. The topological polar surface area (TPSA) is 66.4 Å². The number of aliphatic hydroxyl groups is 1. The van der Waals surface area contributed by atoms with E-state index in [-0.39, 0.29) is 17.2 Å². The van der Waals surface area contributed by atoms with E-state index in [0.717, 1.165) is 12.1 Å². The third kappa shape index (κ3) is 3.24. The van der Waals surface area contributed by atoms with Crippen molar-refractivity contribution in [1.82, 2.24) is 0 Å². The molecular weight excluding hydrogens is 295 g/mol. The molecule has 0 aliphatic carbocycles. The maximum absolute atomic E-state index is 12.6. The summed E-state index contributed by atoms with van der Waals surface area (Å²) in [5.41, 5.74) is -0.0867. The molecule has 2 N–H and O–H groups in total. The molecule has 0 bridgehead atoms. The van der Waals surface area contributed by atoms with Crippen molar-refractivity contribution < 1.29 is 26.7 Å². The van der Waals surface area contributed by atoms with Crippen molar-refractivity contribution in [1.29, 1.82) is 0 Å². The van der Waals surface area contributed by atoms with E-state index in [0.29, 0.717) is 5.56 Å². The summed E-state index contributed by atoms with van der Waals surface area (Å²) in [6.45, 7) is 1.61. The van der Waals surface area contributed by atoms with Gasteiger partial charge in [-0.25, -0.2) is 8.42 Å². The largest absolute Gasteiger partial charge is 0.416 e. The number of anilines is 1. The Morgan fingerprint density at radius 3 is 2.45 bits per heavy atom. The van der Waals surface area contributed by atoms with Crippen LogP contribution in [0.25, 0.3) is 0 Å². The molecule has 0 amide bonds. The number of aliphatic hydroxyl groups excluding tert-OH is 1. The summed E-state index contributed by atoms with van der Waals surface area (Å²) in [6, 6.07) is 2.40. The molecule has 1 aromatic carbocycles. The fraction of sp³-hybridized carbons (Fsp3) is 0.500. The normalized spacial score (nSPS) is 25.6. The van der Waals surface area contributed by atoms with E-state index in [4.69, 9.17) is 0 Å². The fourth-order valence-corrected chi connectivity index (χ4v) is 3.86. The molecule has 8 heteroatoms. The summed E-state index contributed by atoms with van der Waals surface area (Å²) in [7, 11) is -3.35. The maximum atomic E-state index is 12.6. The molecule has 2 rings (SSSR count). The summed E-state index contributed by atoms with van der Waals surface area (Å²) >= 11 is 0. The predicted octanol–water partition coefficient (Wildman–Crippen LogP) is 1.58. The summed E-state index contributed by atoms with van der Waals surface area (Å²) in [5.74, 6) is -0.660. The Hall–Kier alpha value is -1.28. The van der Waals surface area contributed by atoms with Crippen LogP contribution in [0.15, 0.2) is 18.2 Å². The van der Waals surface area contributed by atoms with Crippen LogP contribution in [0.2, 0.25) is 0 Å². The second-order valence-electron chi connectivity index (χ2n) is 4.92. The number of hydrogen-bond donors (Lipinski definition) is 2. The van der Waals surface area contributed by atoms with Crippen LogP contribution in [0.5, 0.6) is 0 Å². The number of alkyl halides is 3. The van der Waals surface area contributed by atoms with Crippen LogP contribution in [0, 0.1) is 6.92 Å². The van der Waals surface area contributed by atoms with E-state index in [1.165, 1.54) is 6.07 Å². The first kappa shape index (κ1) is 15.1. The van der Waals surface area contributed by atoms with Crippen molar-refractivity contribution in [3.8, 4) is 0 Å². The fourth-order valence-electron chi connectivity index (χ4n) is 2.12. The smallest absolute Gasteiger partial charge is 0.390 e. The summed E-state index contributed by atoms with van der Waals surface area (Å²) < 4.78 is 60.7. The molecule has 112 valence electrons. The molecule has 1 aliphatic rings. The van der Waals surface area contributed by atoms with Gasteiger partial charge in [0.1, 0.15) is 0 Å². The molecule has 1 aromatic rings. The lowest BCUT2D eigenvalue weighted by Gasteiger charge is -2.19. The summed E-state index contributed by atoms with van der Waals surface area (Å²) in [4.78, 5) is 0. The Bertz CT molecular complexity index is 613. The minimum absolute atomic E-state index is 0.181. The first-order valence-electron chi connectivity index (χ1n) is 5.91. The highest BCUT2D eigenvalue weighted by atomic mass is 32.2. The molecule has 2 unspecified atom stereocenters. The van der Waals surface area contributed by atoms with Crippen LogP contribution >= 0.6 is 0 Å². The standard InChI is InChI=1S/C12H14F3NO3S/c1-7-2-3-8(12(13,14)15)4-9(7)16-10-5-20(18,19)6-11(10)17/h2-4,10-11,16-17H,5-6H2,1H3. The average molecular weight is 309 g/mol. The highest BCUT2D eigenvalue weighted by molar-refractivity contribution is 7.91. The summed E-state index contributed by atoms with van der Waals surface area (Å²) in [6.07, 6.45) is -5.58. The first-order valence-corrected chi connectivity index (χ1v) is 7.73. The zero-order valence-corrected chi connectivity index (χ0v) is 11.4. The molecule has 0 spiro atoms. The monoisotopic (exact) mass is 309 g/mol. The van der Waals surface area contributed by atoms with E-state index < -0.39 is 33.7 Å². The Morgan fingerprint density at radius 2 is 1.95 bits per heavy atom. The first-order chi connectivity index (χ1) is 9.08. The van der Waals surface area contributed by atoms with Crippen molar-refractivity contribution in [2.75, 3.05) is 16.8 Å². The lowest BCUT2D eigenvalue weighted by Crippen LogP contribution is -2.32. The Kier molecular flexibility index (Phi) is 3.72. The van der Waals surface area contributed by atoms with Crippen LogP contribution in [0.4, 0.5) is 18.9 Å². The highest BCUT2D eigenvalue weighted by Crippen LogP contribution is 2.32. The quantitative estimate of drug-likeness (QED) is 0.870. The lowest BCUT2D eigenvalue weighted by atomic mass is 10.1. The maximum Gasteiger partial charge on any atom is 0.416 e. The van der Waals surface area contributed by atoms with E-state index in [1.54, 1.807) is 6.92 Å². The molecule has 4 nitrogen and oxygen atoms in total. The van der Waals surface area contributed by atoms with Crippen LogP contribution in [0.1, 0.15) is 11.1 Å². The molecule has 0 saturated carbocycles. The molecule has 0 aromatic heterocycles. The second kappa shape index (κ2) is 4.92. The Labute approximate surface area is 114 Å². The van der Waals surface area contributed by atoms with Gasteiger partial charge in [0.15, 0.2) is 9.84 Å². The van der Waals surface area contributed by atoms with Crippen LogP contribution < -0.4 is 5.32 Å². The van der Waals surface area contributed by atoms with Gasteiger partial charge in [0.05, 0.1) is 29.2 Å². The molecule has 0 radical (unpaired) electrons. The lowest BCUT2D eigenvalue weighted by molar-refractivity contribution is -0.137. The van der Waals surface area contributed by atoms with Crippen molar-refractivity contribution in [2.45, 2.75) is 25.2 Å². The Balaban J connectivity index is 2.26. The number of nitrogens with one attached hydrogen (secondary N) is 1. The molecular formula is C12H14F3NO3S. The van der Waals surface area contributed by atoms with Crippen molar-refractivity contribution in [3.63, 3.8) is 0 Å². The average Bonchev–Trinajstić information content (AvgIpc) is 2.53. The summed E-state index contributed by atoms with van der Waals surface area (Å²) in [5, 5.41) is 12.3. The van der Waals surface area contributed by atoms with Gasteiger partial charge in [-0.15, -0.1) is 0 Å². The van der Waals surface area contributed by atoms with Gasteiger partial charge in [0, 0.05) is 5.69 Å². The third-order valence-electron chi connectivity index (χ3n) is 3.23. The van der Waals surface area contributed by atoms with Gasteiger partial charge in [0.2, 0.25) is 0 Å². The number of rotatable bonds is 2. The van der Waals surface area contributed by atoms with Gasteiger partial charge in [0.25, 0.3) is 0 Å².